The smallest absolute Gasteiger partial charge is 0.227 e. The number of carbonyl (C=O) groups is 1. The van der Waals surface area contributed by atoms with Gasteiger partial charge in [-0.1, -0.05) is 66.7 Å². The molecule has 2 aliphatic rings. The number of nitrogens with zero attached hydrogens (tertiary/aromatic N) is 2. The number of rotatable bonds is 9. The third-order valence-corrected chi connectivity index (χ3v) is 7.91. The van der Waals surface area contributed by atoms with E-state index in [9.17, 15) is 4.79 Å². The van der Waals surface area contributed by atoms with E-state index >= 15 is 0 Å². The number of fused-ring (bicyclic) bond motifs is 2. The van der Waals surface area contributed by atoms with E-state index < -0.39 is 0 Å². The monoisotopic (exact) mass is 469 g/mol. The van der Waals surface area contributed by atoms with E-state index in [1.807, 2.05) is 0 Å². The summed E-state index contributed by atoms with van der Waals surface area (Å²) in [5.41, 5.74) is 4.19. The molecule has 0 unspecified atom stereocenters. The zero-order chi connectivity index (χ0) is 23.9. The lowest BCUT2D eigenvalue weighted by molar-refractivity contribution is -0.131. The molecule has 0 atom stereocenters. The molecule has 1 N–H and O–H groups in total. The van der Waals surface area contributed by atoms with Crippen LogP contribution in [0.3, 0.4) is 0 Å². The number of nitrogens with one attached hydrogen (secondary N) is 1. The van der Waals surface area contributed by atoms with E-state index in [0.29, 0.717) is 12.3 Å². The minimum atomic E-state index is 0.271. The van der Waals surface area contributed by atoms with Crippen LogP contribution in [0.15, 0.2) is 66.7 Å². The quantitative estimate of drug-likeness (QED) is 0.446. The second kappa shape index (κ2) is 11.8. The first kappa shape index (κ1) is 24.0. The first-order valence-electron chi connectivity index (χ1n) is 13.5. The SMILES string of the molecule is O=C(Cc1cccc2ccccc12)N1CCC(CNCCCCN2CCc3ccccc3C2)CC1. The van der Waals surface area contributed by atoms with Gasteiger partial charge in [0.15, 0.2) is 0 Å². The lowest BCUT2D eigenvalue weighted by Crippen LogP contribution is -2.41. The van der Waals surface area contributed by atoms with E-state index in [0.717, 1.165) is 51.1 Å². The second-order valence-corrected chi connectivity index (χ2v) is 10.3. The first-order valence-corrected chi connectivity index (χ1v) is 13.5. The third kappa shape index (κ3) is 6.31. The van der Waals surface area contributed by atoms with Crippen molar-refractivity contribution in [2.45, 2.75) is 45.1 Å². The second-order valence-electron chi connectivity index (χ2n) is 10.3. The largest absolute Gasteiger partial charge is 0.342 e. The fourth-order valence-corrected chi connectivity index (χ4v) is 5.74. The molecule has 1 fully saturated rings. The van der Waals surface area contributed by atoms with Crippen LogP contribution >= 0.6 is 0 Å². The number of hydrogen-bond donors (Lipinski definition) is 1. The third-order valence-electron chi connectivity index (χ3n) is 7.91. The Bertz CT molecular complexity index is 1110. The van der Waals surface area contributed by atoms with Crippen LogP contribution in [0.25, 0.3) is 10.8 Å². The number of likely N-dealkylation sites (tertiary alicyclic amines) is 1. The van der Waals surface area contributed by atoms with Crippen molar-refractivity contribution in [3.63, 3.8) is 0 Å². The summed E-state index contributed by atoms with van der Waals surface area (Å²) in [7, 11) is 0. The molecule has 3 aromatic carbocycles. The predicted octanol–water partition coefficient (Wildman–Crippen LogP) is 5.05. The minimum absolute atomic E-state index is 0.271. The van der Waals surface area contributed by atoms with Crippen LogP contribution in [-0.4, -0.2) is 55.0 Å². The molecule has 35 heavy (non-hydrogen) atoms. The average molecular weight is 470 g/mol. The van der Waals surface area contributed by atoms with Gasteiger partial charge in [0.05, 0.1) is 6.42 Å². The van der Waals surface area contributed by atoms with Crippen molar-refractivity contribution in [2.75, 3.05) is 39.3 Å². The van der Waals surface area contributed by atoms with Gasteiger partial charge in [-0.05, 0) is 85.1 Å². The van der Waals surface area contributed by atoms with E-state index in [-0.39, 0.29) is 5.91 Å². The molecule has 1 amide bonds. The molecule has 0 aromatic heterocycles. The van der Waals surface area contributed by atoms with Crippen LogP contribution in [0.2, 0.25) is 0 Å². The normalized spacial score (nSPS) is 17.0. The van der Waals surface area contributed by atoms with Crippen molar-refractivity contribution in [1.29, 1.82) is 0 Å². The van der Waals surface area contributed by atoms with Gasteiger partial charge in [-0.25, -0.2) is 0 Å². The molecule has 1 saturated heterocycles. The molecule has 184 valence electrons. The van der Waals surface area contributed by atoms with Crippen molar-refractivity contribution in [2.24, 2.45) is 5.92 Å². The molecule has 3 aromatic rings. The fraction of sp³-hybridized carbons (Fsp3) is 0.452. The van der Waals surface area contributed by atoms with Crippen molar-refractivity contribution in [3.8, 4) is 0 Å². The maximum Gasteiger partial charge on any atom is 0.227 e. The fourth-order valence-electron chi connectivity index (χ4n) is 5.74. The van der Waals surface area contributed by atoms with Gasteiger partial charge in [-0.15, -0.1) is 0 Å². The van der Waals surface area contributed by atoms with E-state index in [2.05, 4.69) is 81.8 Å². The van der Waals surface area contributed by atoms with Gasteiger partial charge in [0, 0.05) is 26.2 Å². The molecule has 4 nitrogen and oxygen atoms in total. The molecule has 0 saturated carbocycles. The molecule has 5 rings (SSSR count). The average Bonchev–Trinajstić information content (AvgIpc) is 2.91. The molecule has 2 aliphatic heterocycles. The van der Waals surface area contributed by atoms with E-state index in [1.165, 1.54) is 54.3 Å². The van der Waals surface area contributed by atoms with Gasteiger partial charge in [0.25, 0.3) is 0 Å². The molecule has 2 heterocycles. The van der Waals surface area contributed by atoms with Crippen molar-refractivity contribution in [1.82, 2.24) is 15.1 Å². The molecular weight excluding hydrogens is 430 g/mol. The molecule has 4 heteroatoms. The summed E-state index contributed by atoms with van der Waals surface area (Å²) in [6.45, 7) is 7.49. The van der Waals surface area contributed by atoms with Crippen molar-refractivity contribution in [3.05, 3.63) is 83.4 Å². The summed E-state index contributed by atoms with van der Waals surface area (Å²) < 4.78 is 0. The summed E-state index contributed by atoms with van der Waals surface area (Å²) in [6, 6.07) is 23.5. The Morgan fingerprint density at radius 2 is 1.63 bits per heavy atom. The number of carbonyl (C=O) groups excluding carboxylic acids is 1. The van der Waals surface area contributed by atoms with Crippen LogP contribution in [0, 0.1) is 5.92 Å². The lowest BCUT2D eigenvalue weighted by Gasteiger charge is -2.32. The zero-order valence-electron chi connectivity index (χ0n) is 20.9. The topological polar surface area (TPSA) is 35.6 Å². The van der Waals surface area contributed by atoms with Crippen LogP contribution in [0.4, 0.5) is 0 Å². The predicted molar refractivity (Wildman–Crippen MR) is 144 cm³/mol. The number of piperidine rings is 1. The highest BCUT2D eigenvalue weighted by Crippen LogP contribution is 2.22. The van der Waals surface area contributed by atoms with Crippen LogP contribution < -0.4 is 5.32 Å². The number of benzene rings is 3. The first-order chi connectivity index (χ1) is 17.3. The molecular formula is C31H39N3O. The summed E-state index contributed by atoms with van der Waals surface area (Å²) >= 11 is 0. The Morgan fingerprint density at radius 3 is 2.51 bits per heavy atom. The molecule has 0 radical (unpaired) electrons. The zero-order valence-corrected chi connectivity index (χ0v) is 20.9. The molecule has 0 bridgehead atoms. The Labute approximate surface area is 210 Å². The summed E-state index contributed by atoms with van der Waals surface area (Å²) in [6.07, 6.45) is 6.42. The summed E-state index contributed by atoms with van der Waals surface area (Å²) in [5.74, 6) is 0.961. The Kier molecular flexibility index (Phi) is 8.12. The molecule has 0 spiro atoms. The Morgan fingerprint density at radius 1 is 0.857 bits per heavy atom. The number of hydrogen-bond acceptors (Lipinski definition) is 3. The lowest BCUT2D eigenvalue weighted by atomic mass is 9.95. The maximum absolute atomic E-state index is 13.0. The molecule has 0 aliphatic carbocycles. The number of unbranched alkanes of at least 4 members (excludes halogenated alkanes) is 1. The van der Waals surface area contributed by atoms with Gasteiger partial charge in [-0.3, -0.25) is 9.69 Å². The number of amides is 1. The Hall–Kier alpha value is -2.69. The highest BCUT2D eigenvalue weighted by Gasteiger charge is 2.23. The van der Waals surface area contributed by atoms with Crippen molar-refractivity contribution < 1.29 is 4.79 Å². The van der Waals surface area contributed by atoms with Crippen LogP contribution in [-0.2, 0) is 24.2 Å². The van der Waals surface area contributed by atoms with Gasteiger partial charge < -0.3 is 10.2 Å². The van der Waals surface area contributed by atoms with Gasteiger partial charge in [0.1, 0.15) is 0 Å². The van der Waals surface area contributed by atoms with E-state index in [4.69, 9.17) is 0 Å². The van der Waals surface area contributed by atoms with Crippen LogP contribution in [0.5, 0.6) is 0 Å². The van der Waals surface area contributed by atoms with Gasteiger partial charge >= 0.3 is 0 Å². The van der Waals surface area contributed by atoms with Gasteiger partial charge in [0.2, 0.25) is 5.91 Å². The highest BCUT2D eigenvalue weighted by molar-refractivity contribution is 5.90. The minimum Gasteiger partial charge on any atom is -0.342 e. The standard InChI is InChI=1S/C31H39N3O/c35-31(22-28-12-7-11-27-9-3-4-13-30(27)28)34-20-14-25(15-21-34)23-32-17-5-6-18-33-19-16-26-8-1-2-10-29(26)24-33/h1-4,7-13,25,32H,5-6,14-24H2. The van der Waals surface area contributed by atoms with E-state index in [1.54, 1.807) is 0 Å². The summed E-state index contributed by atoms with van der Waals surface area (Å²) in [4.78, 5) is 17.6. The summed E-state index contributed by atoms with van der Waals surface area (Å²) in [5, 5.41) is 6.10. The van der Waals surface area contributed by atoms with Crippen molar-refractivity contribution >= 4 is 16.7 Å². The van der Waals surface area contributed by atoms with Crippen LogP contribution in [0.1, 0.15) is 42.4 Å². The highest BCUT2D eigenvalue weighted by atomic mass is 16.2. The maximum atomic E-state index is 13.0. The van der Waals surface area contributed by atoms with Gasteiger partial charge in [-0.2, -0.15) is 0 Å². The Balaban J connectivity index is 0.960.